The smallest absolute Gasteiger partial charge is 0.328 e. The number of carbonyl (C=O) groups is 1. The van der Waals surface area contributed by atoms with Crippen molar-refractivity contribution in [2.24, 2.45) is 5.92 Å². The van der Waals surface area contributed by atoms with Crippen LogP contribution in [0.25, 0.3) is 0 Å². The molecular formula is C15H21NO5. The minimum absolute atomic E-state index is 0.258. The van der Waals surface area contributed by atoms with Crippen molar-refractivity contribution in [3.8, 4) is 17.2 Å². The molecule has 2 rings (SSSR count). The highest BCUT2D eigenvalue weighted by molar-refractivity contribution is 5.80. The van der Waals surface area contributed by atoms with Gasteiger partial charge in [0.25, 0.3) is 0 Å². The summed E-state index contributed by atoms with van der Waals surface area (Å²) < 4.78 is 20.7. The van der Waals surface area contributed by atoms with Gasteiger partial charge in [-0.05, 0) is 18.8 Å². The molecule has 0 radical (unpaired) electrons. The van der Waals surface area contributed by atoms with E-state index in [0.29, 0.717) is 23.2 Å². The Morgan fingerprint density at radius 1 is 1.10 bits per heavy atom. The monoisotopic (exact) mass is 295 g/mol. The third kappa shape index (κ3) is 3.32. The van der Waals surface area contributed by atoms with Crippen molar-refractivity contribution < 1.29 is 23.7 Å². The van der Waals surface area contributed by atoms with E-state index in [1.165, 1.54) is 7.11 Å². The summed E-state index contributed by atoms with van der Waals surface area (Å²) in [5.41, 5.74) is 0.729. The van der Waals surface area contributed by atoms with Crippen LogP contribution in [-0.2, 0) is 9.53 Å². The first kappa shape index (κ1) is 15.3. The van der Waals surface area contributed by atoms with Gasteiger partial charge in [0.05, 0.1) is 28.4 Å². The molecule has 1 aromatic rings. The van der Waals surface area contributed by atoms with Crippen molar-refractivity contribution in [1.82, 2.24) is 0 Å². The fourth-order valence-corrected chi connectivity index (χ4v) is 2.27. The maximum atomic E-state index is 11.9. The summed E-state index contributed by atoms with van der Waals surface area (Å²) in [5, 5.41) is 3.20. The van der Waals surface area contributed by atoms with E-state index in [1.807, 2.05) is 0 Å². The predicted octanol–water partition coefficient (Wildman–Crippen LogP) is 2.08. The van der Waals surface area contributed by atoms with Gasteiger partial charge in [0.15, 0.2) is 11.5 Å². The number of ether oxygens (including phenoxy) is 4. The normalized spacial score (nSPS) is 15.0. The molecule has 0 aromatic heterocycles. The van der Waals surface area contributed by atoms with Crippen LogP contribution in [-0.4, -0.2) is 40.5 Å². The van der Waals surface area contributed by atoms with Crippen LogP contribution in [0, 0.1) is 5.92 Å². The first-order chi connectivity index (χ1) is 10.1. The maximum Gasteiger partial charge on any atom is 0.328 e. The summed E-state index contributed by atoms with van der Waals surface area (Å²) in [7, 11) is 6.06. The van der Waals surface area contributed by atoms with Crippen molar-refractivity contribution in [2.75, 3.05) is 33.8 Å². The number of carbonyl (C=O) groups excluding carboxylic acids is 1. The van der Waals surface area contributed by atoms with E-state index in [9.17, 15) is 4.79 Å². The molecule has 0 saturated heterocycles. The summed E-state index contributed by atoms with van der Waals surface area (Å²) in [6.45, 7) is 0. The molecule has 6 nitrogen and oxygen atoms in total. The molecule has 1 aliphatic carbocycles. The lowest BCUT2D eigenvalue weighted by atomic mass is 10.1. The van der Waals surface area contributed by atoms with Crippen LogP contribution in [0.5, 0.6) is 17.2 Å². The summed E-state index contributed by atoms with van der Waals surface area (Å²) in [5.74, 6) is 1.66. The van der Waals surface area contributed by atoms with Gasteiger partial charge in [0.1, 0.15) is 6.04 Å². The second kappa shape index (κ2) is 6.56. The van der Waals surface area contributed by atoms with Gasteiger partial charge in [-0.25, -0.2) is 4.79 Å². The Labute approximate surface area is 124 Å². The number of rotatable bonds is 7. The summed E-state index contributed by atoms with van der Waals surface area (Å²) in [6, 6.07) is 3.21. The van der Waals surface area contributed by atoms with E-state index < -0.39 is 0 Å². The van der Waals surface area contributed by atoms with Gasteiger partial charge < -0.3 is 24.3 Å². The minimum atomic E-state index is -0.349. The molecule has 1 N–H and O–H groups in total. The second-order valence-corrected chi connectivity index (χ2v) is 4.90. The average Bonchev–Trinajstić information content (AvgIpc) is 3.35. The molecule has 0 heterocycles. The Kier molecular flexibility index (Phi) is 4.77. The van der Waals surface area contributed by atoms with Crippen molar-refractivity contribution >= 4 is 11.7 Å². The molecule has 0 aliphatic heterocycles. The van der Waals surface area contributed by atoms with Crippen LogP contribution in [0.3, 0.4) is 0 Å². The second-order valence-electron chi connectivity index (χ2n) is 4.90. The van der Waals surface area contributed by atoms with E-state index in [-0.39, 0.29) is 12.0 Å². The molecule has 1 aliphatic rings. The molecule has 21 heavy (non-hydrogen) atoms. The number of nitrogens with one attached hydrogen (secondary N) is 1. The number of methoxy groups -OCH3 is 4. The Hall–Kier alpha value is -2.11. The molecule has 0 amide bonds. The van der Waals surface area contributed by atoms with Crippen molar-refractivity contribution in [2.45, 2.75) is 18.9 Å². The lowest BCUT2D eigenvalue weighted by Crippen LogP contribution is -2.32. The van der Waals surface area contributed by atoms with E-state index in [1.54, 1.807) is 33.5 Å². The highest BCUT2D eigenvalue weighted by atomic mass is 16.5. The minimum Gasteiger partial charge on any atom is -0.493 e. The van der Waals surface area contributed by atoms with Gasteiger partial charge in [-0.15, -0.1) is 0 Å². The van der Waals surface area contributed by atoms with Crippen LogP contribution in [0.15, 0.2) is 12.1 Å². The van der Waals surface area contributed by atoms with Crippen LogP contribution in [0.4, 0.5) is 5.69 Å². The van der Waals surface area contributed by atoms with Crippen LogP contribution in [0.1, 0.15) is 12.8 Å². The lowest BCUT2D eigenvalue weighted by molar-refractivity contribution is -0.142. The van der Waals surface area contributed by atoms with Gasteiger partial charge in [0, 0.05) is 17.8 Å². The molecule has 6 heteroatoms. The molecule has 1 atom stereocenters. The zero-order valence-electron chi connectivity index (χ0n) is 12.8. The Morgan fingerprint density at radius 3 is 2.05 bits per heavy atom. The highest BCUT2D eigenvalue weighted by Gasteiger charge is 2.37. The molecule has 116 valence electrons. The van der Waals surface area contributed by atoms with Crippen LogP contribution < -0.4 is 19.5 Å². The molecule has 1 aromatic carbocycles. The number of hydrogen-bond donors (Lipinski definition) is 1. The highest BCUT2D eigenvalue weighted by Crippen LogP contribution is 2.41. The van der Waals surface area contributed by atoms with Gasteiger partial charge >= 0.3 is 5.97 Å². The first-order valence-corrected chi connectivity index (χ1v) is 6.79. The third-order valence-corrected chi connectivity index (χ3v) is 3.54. The van der Waals surface area contributed by atoms with Gasteiger partial charge in [-0.1, -0.05) is 0 Å². The Bertz CT molecular complexity index is 488. The number of anilines is 1. The van der Waals surface area contributed by atoms with E-state index in [4.69, 9.17) is 18.9 Å². The molecule has 1 fully saturated rings. The third-order valence-electron chi connectivity index (χ3n) is 3.54. The summed E-state index contributed by atoms with van der Waals surface area (Å²) in [6.07, 6.45) is 2.05. The number of hydrogen-bond acceptors (Lipinski definition) is 6. The molecule has 0 spiro atoms. The van der Waals surface area contributed by atoms with Crippen LogP contribution in [0.2, 0.25) is 0 Å². The van der Waals surface area contributed by atoms with Crippen molar-refractivity contribution in [1.29, 1.82) is 0 Å². The zero-order chi connectivity index (χ0) is 15.4. The summed E-state index contributed by atoms with van der Waals surface area (Å²) >= 11 is 0. The van der Waals surface area contributed by atoms with Gasteiger partial charge in [0.2, 0.25) is 5.75 Å². The van der Waals surface area contributed by atoms with Gasteiger partial charge in [-0.2, -0.15) is 0 Å². The average molecular weight is 295 g/mol. The van der Waals surface area contributed by atoms with E-state index >= 15 is 0 Å². The Morgan fingerprint density at radius 2 is 1.67 bits per heavy atom. The standard InChI is InChI=1S/C15H21NO5/c1-18-11-7-10(8-12(19-2)14(11)20-3)16-13(9-5-6-9)15(17)21-4/h7-9,13,16H,5-6H2,1-4H3. The fraction of sp³-hybridized carbons (Fsp3) is 0.533. The topological polar surface area (TPSA) is 66.0 Å². The summed E-state index contributed by atoms with van der Waals surface area (Å²) in [4.78, 5) is 11.9. The number of benzene rings is 1. The maximum absolute atomic E-state index is 11.9. The SMILES string of the molecule is COC(=O)C(Nc1cc(OC)c(OC)c(OC)c1)C1CC1. The Balaban J connectivity index is 2.28. The van der Waals surface area contributed by atoms with Crippen molar-refractivity contribution in [3.63, 3.8) is 0 Å². The zero-order valence-corrected chi connectivity index (χ0v) is 12.8. The lowest BCUT2D eigenvalue weighted by Gasteiger charge is -2.19. The fourth-order valence-electron chi connectivity index (χ4n) is 2.27. The molecule has 1 saturated carbocycles. The van der Waals surface area contributed by atoms with E-state index in [2.05, 4.69) is 5.32 Å². The molecule has 1 unspecified atom stereocenters. The molecular weight excluding hydrogens is 274 g/mol. The quantitative estimate of drug-likeness (QED) is 0.777. The van der Waals surface area contributed by atoms with Crippen molar-refractivity contribution in [3.05, 3.63) is 12.1 Å². The molecule has 0 bridgehead atoms. The van der Waals surface area contributed by atoms with Gasteiger partial charge in [-0.3, -0.25) is 0 Å². The van der Waals surface area contributed by atoms with E-state index in [0.717, 1.165) is 18.5 Å². The van der Waals surface area contributed by atoms with Crippen LogP contribution >= 0.6 is 0 Å². The first-order valence-electron chi connectivity index (χ1n) is 6.79. The predicted molar refractivity (Wildman–Crippen MR) is 78.2 cm³/mol. The number of esters is 1. The largest absolute Gasteiger partial charge is 0.493 e.